The summed E-state index contributed by atoms with van der Waals surface area (Å²) in [5.41, 5.74) is -0.862. The third kappa shape index (κ3) is 7.71. The van der Waals surface area contributed by atoms with Crippen LogP contribution in [0.2, 0.25) is 0 Å². The molecule has 0 radical (unpaired) electrons. The van der Waals surface area contributed by atoms with Gasteiger partial charge in [0.15, 0.2) is 0 Å². The first-order valence-electron chi connectivity index (χ1n) is 7.55. The molecule has 1 rings (SSSR count). The molecule has 0 aliphatic carbocycles. The first-order chi connectivity index (χ1) is 10.9. The van der Waals surface area contributed by atoms with Gasteiger partial charge in [-0.3, -0.25) is 4.84 Å². The molecule has 1 N–H and O–H groups in total. The summed E-state index contributed by atoms with van der Waals surface area (Å²) in [6.07, 6.45) is -1.83. The van der Waals surface area contributed by atoms with Crippen LogP contribution in [-0.2, 0) is 20.9 Å². The smallest absolute Gasteiger partial charge is 0.508 e. The van der Waals surface area contributed by atoms with Gasteiger partial charge in [0.25, 0.3) is 0 Å². The van der Waals surface area contributed by atoms with Crippen LogP contribution < -0.4 is 0 Å². The van der Waals surface area contributed by atoms with Crippen LogP contribution in [0.1, 0.15) is 47.1 Å². The van der Waals surface area contributed by atoms with Crippen LogP contribution in [0.15, 0.2) is 24.3 Å². The summed E-state index contributed by atoms with van der Waals surface area (Å²) in [6.45, 7) is 10.1. The molecule has 0 spiro atoms. The fourth-order valence-electron chi connectivity index (χ4n) is 1.57. The summed E-state index contributed by atoms with van der Waals surface area (Å²) < 4.78 is 10.3. The summed E-state index contributed by atoms with van der Waals surface area (Å²) in [4.78, 5) is 29.1. The van der Waals surface area contributed by atoms with Gasteiger partial charge in [0.1, 0.15) is 17.0 Å². The Morgan fingerprint density at radius 2 is 1.46 bits per heavy atom. The Morgan fingerprint density at radius 3 is 1.92 bits per heavy atom. The molecular weight excluding hydrogens is 314 g/mol. The molecular formula is C17H25NO6. The quantitative estimate of drug-likeness (QED) is 0.647. The van der Waals surface area contributed by atoms with Crippen LogP contribution in [0.4, 0.5) is 9.59 Å². The van der Waals surface area contributed by atoms with E-state index in [1.165, 1.54) is 12.1 Å². The topological polar surface area (TPSA) is 85.3 Å². The number of benzene rings is 1. The van der Waals surface area contributed by atoms with Gasteiger partial charge in [-0.05, 0) is 59.2 Å². The Labute approximate surface area is 142 Å². The minimum atomic E-state index is -1.01. The molecule has 7 nitrogen and oxygen atoms in total. The average molecular weight is 339 g/mol. The summed E-state index contributed by atoms with van der Waals surface area (Å²) in [7, 11) is 0. The minimum Gasteiger partial charge on any atom is -0.508 e. The van der Waals surface area contributed by atoms with Gasteiger partial charge in [-0.1, -0.05) is 12.1 Å². The maximum Gasteiger partial charge on any atom is 0.534 e. The van der Waals surface area contributed by atoms with Gasteiger partial charge in [0, 0.05) is 0 Å². The molecule has 24 heavy (non-hydrogen) atoms. The summed E-state index contributed by atoms with van der Waals surface area (Å²) in [5.74, 6) is 0.0932. The minimum absolute atomic E-state index is 0.0472. The predicted octanol–water partition coefficient (Wildman–Crippen LogP) is 4.00. The first-order valence-corrected chi connectivity index (χ1v) is 7.55. The fourth-order valence-corrected chi connectivity index (χ4v) is 1.57. The van der Waals surface area contributed by atoms with Crippen molar-refractivity contribution in [2.75, 3.05) is 0 Å². The Balaban J connectivity index is 2.88. The number of aromatic hydroxyl groups is 1. The summed E-state index contributed by atoms with van der Waals surface area (Å²) in [5, 5.41) is 10.1. The van der Waals surface area contributed by atoms with Crippen molar-refractivity contribution >= 4 is 12.2 Å². The number of amides is 1. The lowest BCUT2D eigenvalue weighted by molar-refractivity contribution is -0.140. The molecule has 0 aliphatic rings. The Morgan fingerprint density at radius 1 is 0.958 bits per heavy atom. The largest absolute Gasteiger partial charge is 0.534 e. The molecule has 0 aromatic heterocycles. The zero-order chi connectivity index (χ0) is 18.5. The van der Waals surface area contributed by atoms with Crippen molar-refractivity contribution in [3.63, 3.8) is 0 Å². The van der Waals surface area contributed by atoms with E-state index in [0.717, 1.165) is 5.06 Å². The van der Waals surface area contributed by atoms with Gasteiger partial charge in [0.05, 0.1) is 6.54 Å². The van der Waals surface area contributed by atoms with E-state index in [4.69, 9.17) is 14.3 Å². The molecule has 0 heterocycles. The zero-order valence-electron chi connectivity index (χ0n) is 15.0. The average Bonchev–Trinajstić information content (AvgIpc) is 2.36. The molecule has 0 atom stereocenters. The molecule has 0 unspecified atom stereocenters. The van der Waals surface area contributed by atoms with Crippen LogP contribution in [0, 0.1) is 0 Å². The molecule has 1 amide bonds. The van der Waals surface area contributed by atoms with E-state index < -0.39 is 23.5 Å². The predicted molar refractivity (Wildman–Crippen MR) is 87.2 cm³/mol. The van der Waals surface area contributed by atoms with Crippen LogP contribution in [-0.4, -0.2) is 33.6 Å². The number of carbonyl (C=O) groups excluding carboxylic acids is 2. The second-order valence-corrected chi connectivity index (χ2v) is 7.24. The Kier molecular flexibility index (Phi) is 6.06. The number of nitrogens with zero attached hydrogens (tertiary/aromatic N) is 1. The Bertz CT molecular complexity index is 568. The number of hydrogen-bond donors (Lipinski definition) is 1. The van der Waals surface area contributed by atoms with Crippen LogP contribution >= 0.6 is 0 Å². The Hall–Kier alpha value is -2.44. The van der Waals surface area contributed by atoms with Gasteiger partial charge in [0.2, 0.25) is 0 Å². The van der Waals surface area contributed by atoms with Crippen molar-refractivity contribution in [1.82, 2.24) is 5.06 Å². The third-order valence-corrected chi connectivity index (χ3v) is 2.43. The SMILES string of the molecule is CC(C)(C)OC(=O)ON(Cc1ccc(O)cc1)C(=O)OC(C)(C)C. The summed E-state index contributed by atoms with van der Waals surface area (Å²) in [6, 6.07) is 6.14. The highest BCUT2D eigenvalue weighted by Gasteiger charge is 2.28. The van der Waals surface area contributed by atoms with Gasteiger partial charge in [-0.15, -0.1) is 5.06 Å². The lowest BCUT2D eigenvalue weighted by Crippen LogP contribution is -2.39. The lowest BCUT2D eigenvalue weighted by atomic mass is 10.2. The van der Waals surface area contributed by atoms with E-state index >= 15 is 0 Å². The van der Waals surface area contributed by atoms with Crippen molar-refractivity contribution in [2.24, 2.45) is 0 Å². The van der Waals surface area contributed by atoms with Crippen LogP contribution in [0.25, 0.3) is 0 Å². The van der Waals surface area contributed by atoms with Crippen molar-refractivity contribution in [1.29, 1.82) is 0 Å². The molecule has 0 aliphatic heterocycles. The van der Waals surface area contributed by atoms with Gasteiger partial charge in [-0.2, -0.15) is 0 Å². The number of hydroxylamine groups is 2. The maximum atomic E-state index is 12.3. The van der Waals surface area contributed by atoms with Gasteiger partial charge in [-0.25, -0.2) is 9.59 Å². The van der Waals surface area contributed by atoms with Gasteiger partial charge >= 0.3 is 12.2 Å². The molecule has 1 aromatic rings. The molecule has 134 valence electrons. The highest BCUT2D eigenvalue weighted by molar-refractivity contribution is 5.70. The van der Waals surface area contributed by atoms with E-state index in [-0.39, 0.29) is 12.3 Å². The molecule has 0 saturated heterocycles. The normalized spacial score (nSPS) is 11.6. The number of phenols is 1. The van der Waals surface area contributed by atoms with E-state index in [9.17, 15) is 14.7 Å². The second-order valence-electron chi connectivity index (χ2n) is 7.24. The number of hydrogen-bond acceptors (Lipinski definition) is 6. The highest BCUT2D eigenvalue weighted by atomic mass is 16.8. The first kappa shape index (κ1) is 19.6. The molecule has 0 saturated carbocycles. The lowest BCUT2D eigenvalue weighted by Gasteiger charge is -2.27. The number of carbonyl (C=O) groups is 2. The fraction of sp³-hybridized carbons (Fsp3) is 0.529. The molecule has 1 aromatic carbocycles. The number of ether oxygens (including phenoxy) is 2. The van der Waals surface area contributed by atoms with Crippen LogP contribution in [0.3, 0.4) is 0 Å². The van der Waals surface area contributed by atoms with Crippen molar-refractivity contribution in [3.05, 3.63) is 29.8 Å². The van der Waals surface area contributed by atoms with E-state index in [2.05, 4.69) is 0 Å². The van der Waals surface area contributed by atoms with Crippen LogP contribution in [0.5, 0.6) is 5.75 Å². The van der Waals surface area contributed by atoms with E-state index in [0.29, 0.717) is 5.56 Å². The maximum absolute atomic E-state index is 12.3. The van der Waals surface area contributed by atoms with Crippen molar-refractivity contribution in [3.8, 4) is 5.75 Å². The van der Waals surface area contributed by atoms with E-state index in [1.54, 1.807) is 53.7 Å². The number of phenolic OH excluding ortho intramolecular Hbond substituents is 1. The summed E-state index contributed by atoms with van der Waals surface area (Å²) >= 11 is 0. The molecule has 7 heteroatoms. The zero-order valence-corrected chi connectivity index (χ0v) is 15.0. The highest BCUT2D eigenvalue weighted by Crippen LogP contribution is 2.17. The molecule has 0 fully saturated rings. The third-order valence-electron chi connectivity index (χ3n) is 2.43. The molecule has 0 bridgehead atoms. The second kappa shape index (κ2) is 7.42. The van der Waals surface area contributed by atoms with Crippen molar-refractivity contribution in [2.45, 2.75) is 59.3 Å². The number of rotatable bonds is 2. The standard InChI is InChI=1S/C17H25NO6/c1-16(2,3)22-14(20)18(24-15(21)23-17(4,5)6)11-12-7-9-13(19)10-8-12/h7-10,19H,11H2,1-6H3. The van der Waals surface area contributed by atoms with E-state index in [1.807, 2.05) is 0 Å². The van der Waals surface area contributed by atoms with Gasteiger partial charge < -0.3 is 14.6 Å². The van der Waals surface area contributed by atoms with Crippen molar-refractivity contribution < 1.29 is 29.0 Å². The monoisotopic (exact) mass is 339 g/mol.